The van der Waals surface area contributed by atoms with Gasteiger partial charge in [0.1, 0.15) is 16.9 Å². The number of hydrogen-bond donors (Lipinski definition) is 1. The fraction of sp³-hybridized carbons (Fsp3) is 0.357. The highest BCUT2D eigenvalue weighted by atomic mass is 35.5. The fourth-order valence-corrected chi connectivity index (χ4v) is 2.11. The summed E-state index contributed by atoms with van der Waals surface area (Å²) >= 11 is 11.2. The summed E-state index contributed by atoms with van der Waals surface area (Å²) in [5.41, 5.74) is -0.779. The number of carbonyl (C=O) groups excluding carboxylic acids is 2. The first kappa shape index (κ1) is 17.6. The second kappa shape index (κ2) is 7.23. The Kier molecular flexibility index (Phi) is 5.54. The van der Waals surface area contributed by atoms with Crippen LogP contribution in [0.2, 0.25) is 10.3 Å². The molecule has 23 heavy (non-hydrogen) atoms. The van der Waals surface area contributed by atoms with Gasteiger partial charge >= 0.3 is 5.97 Å². The van der Waals surface area contributed by atoms with Crippen molar-refractivity contribution in [3.63, 3.8) is 0 Å². The molecule has 0 saturated heterocycles. The van der Waals surface area contributed by atoms with Crippen LogP contribution >= 0.6 is 23.2 Å². The number of ketones is 1. The third kappa shape index (κ3) is 4.17. The average molecular weight is 365 g/mol. The number of ether oxygens (including phenoxy) is 1. The van der Waals surface area contributed by atoms with Gasteiger partial charge in [0.05, 0.1) is 18.2 Å². The van der Waals surface area contributed by atoms with E-state index in [-0.39, 0.29) is 23.7 Å². The normalized spacial score (nSPS) is 20.1. The number of nitrogens with zero attached hydrogens (tertiary/aromatic N) is 1. The van der Waals surface area contributed by atoms with Crippen LogP contribution in [-0.4, -0.2) is 35.6 Å². The number of hydrogen-bond acceptors (Lipinski definition) is 5. The summed E-state index contributed by atoms with van der Waals surface area (Å²) in [5, 5.41) is 1.75. The molecule has 0 amide bonds. The minimum absolute atomic E-state index is 0.0274. The number of halogens is 4. The predicted octanol–water partition coefficient (Wildman–Crippen LogP) is 2.86. The van der Waals surface area contributed by atoms with E-state index in [2.05, 4.69) is 10.3 Å². The van der Waals surface area contributed by atoms with Gasteiger partial charge in [-0.2, -0.15) is 0 Å². The first-order valence-electron chi connectivity index (χ1n) is 6.68. The van der Waals surface area contributed by atoms with Gasteiger partial charge in [-0.1, -0.05) is 23.2 Å². The van der Waals surface area contributed by atoms with Crippen LogP contribution in [-0.2, 0) is 9.53 Å². The van der Waals surface area contributed by atoms with E-state index in [9.17, 15) is 18.4 Å². The molecule has 1 aromatic rings. The maximum absolute atomic E-state index is 13.5. The molecule has 0 spiro atoms. The number of esters is 1. The molecule has 5 nitrogen and oxygen atoms in total. The van der Waals surface area contributed by atoms with Crippen LogP contribution in [0.5, 0.6) is 0 Å². The van der Waals surface area contributed by atoms with E-state index in [0.717, 1.165) is 12.3 Å². The van der Waals surface area contributed by atoms with Gasteiger partial charge in [-0.25, -0.2) is 18.6 Å². The molecule has 0 aliphatic heterocycles. The molecule has 1 aliphatic rings. The SMILES string of the molecule is CCOC(=O)C(=CNC1CC1F)C(=O)c1cc(F)c(Cl)nc1Cl. The van der Waals surface area contributed by atoms with Gasteiger partial charge < -0.3 is 10.1 Å². The molecule has 9 heteroatoms. The van der Waals surface area contributed by atoms with E-state index < -0.39 is 40.5 Å². The Morgan fingerprint density at radius 2 is 2.13 bits per heavy atom. The van der Waals surface area contributed by atoms with Gasteiger partial charge in [0.25, 0.3) is 0 Å². The molecule has 2 unspecified atom stereocenters. The monoisotopic (exact) mass is 364 g/mol. The van der Waals surface area contributed by atoms with Crippen LogP contribution in [0.15, 0.2) is 17.8 Å². The molecule has 1 heterocycles. The zero-order chi connectivity index (χ0) is 17.1. The van der Waals surface area contributed by atoms with Crippen LogP contribution in [0.1, 0.15) is 23.7 Å². The molecular weight excluding hydrogens is 353 g/mol. The topological polar surface area (TPSA) is 68.3 Å². The summed E-state index contributed by atoms with van der Waals surface area (Å²) in [7, 11) is 0. The van der Waals surface area contributed by atoms with Gasteiger partial charge in [-0.15, -0.1) is 0 Å². The van der Waals surface area contributed by atoms with Crippen LogP contribution in [0.3, 0.4) is 0 Å². The third-order valence-corrected chi connectivity index (χ3v) is 3.58. The van der Waals surface area contributed by atoms with E-state index >= 15 is 0 Å². The minimum Gasteiger partial charge on any atom is -0.462 e. The van der Waals surface area contributed by atoms with Crippen LogP contribution in [0, 0.1) is 5.82 Å². The van der Waals surface area contributed by atoms with Crippen molar-refractivity contribution in [2.75, 3.05) is 6.61 Å². The number of carbonyl (C=O) groups is 2. The van der Waals surface area contributed by atoms with Crippen molar-refractivity contribution < 1.29 is 23.1 Å². The summed E-state index contributed by atoms with van der Waals surface area (Å²) in [6.07, 6.45) is 0.287. The molecule has 2 atom stereocenters. The summed E-state index contributed by atoms with van der Waals surface area (Å²) in [6.45, 7) is 1.59. The van der Waals surface area contributed by atoms with Crippen molar-refractivity contribution in [3.05, 3.63) is 39.5 Å². The summed E-state index contributed by atoms with van der Waals surface area (Å²) < 4.78 is 31.1. The van der Waals surface area contributed by atoms with E-state index in [0.29, 0.717) is 0 Å². The number of aromatic nitrogens is 1. The maximum atomic E-state index is 13.5. The Bertz CT molecular complexity index is 682. The Balaban J connectivity index is 2.32. The first-order valence-corrected chi connectivity index (χ1v) is 7.44. The van der Waals surface area contributed by atoms with Crippen molar-refractivity contribution in [3.8, 4) is 0 Å². The number of rotatable bonds is 6. The molecule has 1 aromatic heterocycles. The Labute approximate surface area is 140 Å². The predicted molar refractivity (Wildman–Crippen MR) is 79.7 cm³/mol. The molecule has 124 valence electrons. The number of alkyl halides is 1. The highest BCUT2D eigenvalue weighted by Gasteiger charge is 2.37. The lowest BCUT2D eigenvalue weighted by Crippen LogP contribution is -2.22. The first-order chi connectivity index (χ1) is 10.8. The number of pyridine rings is 1. The van der Waals surface area contributed by atoms with Crippen molar-refractivity contribution in [2.24, 2.45) is 0 Å². The van der Waals surface area contributed by atoms with Gasteiger partial charge in [0.15, 0.2) is 11.0 Å². The van der Waals surface area contributed by atoms with Crippen molar-refractivity contribution in [1.82, 2.24) is 10.3 Å². The van der Waals surface area contributed by atoms with E-state index in [4.69, 9.17) is 27.9 Å². The molecule has 1 saturated carbocycles. The molecule has 1 aliphatic carbocycles. The molecular formula is C14H12Cl2F2N2O3. The molecule has 2 rings (SSSR count). The van der Waals surface area contributed by atoms with E-state index in [1.54, 1.807) is 6.92 Å². The molecule has 0 aromatic carbocycles. The van der Waals surface area contributed by atoms with E-state index in [1.807, 2.05) is 0 Å². The molecule has 0 bridgehead atoms. The highest BCUT2D eigenvalue weighted by Crippen LogP contribution is 2.26. The van der Waals surface area contributed by atoms with Crippen LogP contribution in [0.25, 0.3) is 0 Å². The Morgan fingerprint density at radius 1 is 1.48 bits per heavy atom. The maximum Gasteiger partial charge on any atom is 0.343 e. The third-order valence-electron chi connectivity index (χ3n) is 3.03. The van der Waals surface area contributed by atoms with Gasteiger partial charge in [-0.3, -0.25) is 4.79 Å². The lowest BCUT2D eigenvalue weighted by Gasteiger charge is -2.09. The van der Waals surface area contributed by atoms with E-state index in [1.165, 1.54) is 0 Å². The molecule has 0 radical (unpaired) electrons. The molecule has 1 fully saturated rings. The van der Waals surface area contributed by atoms with Crippen LogP contribution < -0.4 is 5.32 Å². The standard InChI is InChI=1S/C14H12Cl2F2N2O3/c1-2-23-14(22)7(5-19-10-4-8(10)17)11(21)6-3-9(18)13(16)20-12(6)15/h3,5,8,10,19H,2,4H2,1H3. The highest BCUT2D eigenvalue weighted by molar-refractivity contribution is 6.37. The summed E-state index contributed by atoms with van der Waals surface area (Å²) in [4.78, 5) is 27.8. The van der Waals surface area contributed by atoms with Crippen molar-refractivity contribution in [2.45, 2.75) is 25.6 Å². The van der Waals surface area contributed by atoms with Crippen molar-refractivity contribution >= 4 is 35.0 Å². The lowest BCUT2D eigenvalue weighted by molar-refractivity contribution is -0.138. The zero-order valence-electron chi connectivity index (χ0n) is 11.9. The zero-order valence-corrected chi connectivity index (χ0v) is 13.4. The number of nitrogens with one attached hydrogen (secondary N) is 1. The average Bonchev–Trinajstić information content (AvgIpc) is 3.19. The van der Waals surface area contributed by atoms with Crippen molar-refractivity contribution in [1.29, 1.82) is 0 Å². The summed E-state index contributed by atoms with van der Waals surface area (Å²) in [6, 6.07) is 0.310. The largest absolute Gasteiger partial charge is 0.462 e. The van der Waals surface area contributed by atoms with Gasteiger partial charge in [-0.05, 0) is 13.0 Å². The second-order valence-electron chi connectivity index (χ2n) is 4.73. The fourth-order valence-electron chi connectivity index (χ4n) is 1.70. The van der Waals surface area contributed by atoms with Gasteiger partial charge in [0.2, 0.25) is 5.78 Å². The lowest BCUT2D eigenvalue weighted by atomic mass is 10.1. The minimum atomic E-state index is -1.04. The quantitative estimate of drug-likeness (QED) is 0.210. The number of Topliss-reactive ketones (excluding diaryl/α,β-unsaturated/α-hetero) is 1. The van der Waals surface area contributed by atoms with Gasteiger partial charge in [0, 0.05) is 12.6 Å². The van der Waals surface area contributed by atoms with Crippen LogP contribution in [0.4, 0.5) is 8.78 Å². The Morgan fingerprint density at radius 3 is 2.70 bits per heavy atom. The Hall–Kier alpha value is -1.73. The summed E-state index contributed by atoms with van der Waals surface area (Å²) in [5.74, 6) is -2.80. The second-order valence-corrected chi connectivity index (χ2v) is 5.45. The molecule has 1 N–H and O–H groups in total. The smallest absolute Gasteiger partial charge is 0.343 e.